The smallest absolute Gasteiger partial charge is 0.234 e. The van der Waals surface area contributed by atoms with Crippen LogP contribution in [-0.2, 0) is 16.1 Å². The largest absolute Gasteiger partial charge is 0.481 e. The molecule has 2 N–H and O–H groups in total. The number of rotatable bonds is 6. The van der Waals surface area contributed by atoms with Crippen molar-refractivity contribution in [2.45, 2.75) is 25.4 Å². The molecule has 0 atom stereocenters. The highest BCUT2D eigenvalue weighted by Crippen LogP contribution is 2.07. The molecule has 0 unspecified atom stereocenters. The Bertz CT molecular complexity index is 416. The summed E-state index contributed by atoms with van der Waals surface area (Å²) in [5.74, 6) is 0.615. The molecule has 1 aliphatic rings. The second-order valence-electron chi connectivity index (χ2n) is 4.77. The van der Waals surface area contributed by atoms with Gasteiger partial charge in [0.15, 0.2) is 0 Å². The van der Waals surface area contributed by atoms with Crippen molar-refractivity contribution in [2.24, 2.45) is 0 Å². The average molecular weight is 279 g/mol. The lowest BCUT2D eigenvalue weighted by Crippen LogP contribution is -2.42. The highest BCUT2D eigenvalue weighted by Gasteiger charge is 2.15. The summed E-state index contributed by atoms with van der Waals surface area (Å²) < 4.78 is 10.2. The van der Waals surface area contributed by atoms with Gasteiger partial charge in [0, 0.05) is 38.1 Å². The molecule has 1 aromatic rings. The number of aromatic nitrogens is 1. The summed E-state index contributed by atoms with van der Waals surface area (Å²) >= 11 is 0. The topological polar surface area (TPSA) is 72.5 Å². The van der Waals surface area contributed by atoms with Crippen molar-refractivity contribution in [3.8, 4) is 5.88 Å². The first-order valence-corrected chi connectivity index (χ1v) is 6.84. The first-order valence-electron chi connectivity index (χ1n) is 6.84. The summed E-state index contributed by atoms with van der Waals surface area (Å²) in [4.78, 5) is 15.9. The van der Waals surface area contributed by atoms with Crippen LogP contribution in [0.5, 0.6) is 5.88 Å². The monoisotopic (exact) mass is 279 g/mol. The molecule has 1 fully saturated rings. The Hall–Kier alpha value is -1.66. The van der Waals surface area contributed by atoms with Crippen molar-refractivity contribution in [3.63, 3.8) is 0 Å². The molecule has 2 heterocycles. The molecule has 2 rings (SSSR count). The summed E-state index contributed by atoms with van der Waals surface area (Å²) in [6.07, 6.45) is 3.53. The number of amides is 1. The highest BCUT2D eigenvalue weighted by atomic mass is 16.5. The lowest BCUT2D eigenvalue weighted by atomic mass is 10.1. The van der Waals surface area contributed by atoms with E-state index in [0.29, 0.717) is 19.0 Å². The van der Waals surface area contributed by atoms with Gasteiger partial charge < -0.3 is 20.1 Å². The van der Waals surface area contributed by atoms with Crippen LogP contribution >= 0.6 is 0 Å². The number of carbonyl (C=O) groups is 1. The quantitative estimate of drug-likeness (QED) is 0.792. The third kappa shape index (κ3) is 4.79. The number of hydrogen-bond acceptors (Lipinski definition) is 5. The fourth-order valence-electron chi connectivity index (χ4n) is 2.08. The minimum atomic E-state index is 0.0263. The normalized spacial score (nSPS) is 15.8. The van der Waals surface area contributed by atoms with E-state index < -0.39 is 0 Å². The Morgan fingerprint density at radius 3 is 2.90 bits per heavy atom. The van der Waals surface area contributed by atoms with Crippen molar-refractivity contribution in [3.05, 3.63) is 23.9 Å². The number of nitrogens with one attached hydrogen (secondary N) is 2. The number of pyridine rings is 1. The molecule has 0 aromatic carbocycles. The maximum absolute atomic E-state index is 11.8. The lowest BCUT2D eigenvalue weighted by Gasteiger charge is -2.23. The number of methoxy groups -OCH3 is 1. The van der Waals surface area contributed by atoms with E-state index in [-0.39, 0.29) is 11.9 Å². The van der Waals surface area contributed by atoms with Crippen LogP contribution in [0, 0.1) is 0 Å². The van der Waals surface area contributed by atoms with Gasteiger partial charge in [-0.15, -0.1) is 0 Å². The molecule has 0 radical (unpaired) electrons. The van der Waals surface area contributed by atoms with Gasteiger partial charge >= 0.3 is 0 Å². The standard InChI is InChI=1S/C14H21N3O3/c1-19-14-3-2-11(9-16-14)8-15-10-13(18)17-12-4-6-20-7-5-12/h2-3,9,12,15H,4-8,10H2,1H3,(H,17,18). The second kappa shape index (κ2) is 7.81. The van der Waals surface area contributed by atoms with Crippen LogP contribution in [0.25, 0.3) is 0 Å². The van der Waals surface area contributed by atoms with Crippen molar-refractivity contribution in [2.75, 3.05) is 26.9 Å². The van der Waals surface area contributed by atoms with Gasteiger partial charge in [-0.3, -0.25) is 4.79 Å². The summed E-state index contributed by atoms with van der Waals surface area (Å²) in [7, 11) is 1.58. The Labute approximate surface area is 118 Å². The number of carbonyl (C=O) groups excluding carboxylic acids is 1. The van der Waals surface area contributed by atoms with Crippen LogP contribution in [0.3, 0.4) is 0 Å². The first kappa shape index (κ1) is 14.7. The molecule has 0 bridgehead atoms. The predicted molar refractivity (Wildman–Crippen MR) is 74.5 cm³/mol. The van der Waals surface area contributed by atoms with Crippen molar-refractivity contribution in [1.82, 2.24) is 15.6 Å². The van der Waals surface area contributed by atoms with Gasteiger partial charge in [-0.05, 0) is 18.4 Å². The van der Waals surface area contributed by atoms with E-state index in [4.69, 9.17) is 9.47 Å². The van der Waals surface area contributed by atoms with E-state index in [2.05, 4.69) is 15.6 Å². The zero-order valence-corrected chi connectivity index (χ0v) is 11.7. The highest BCUT2D eigenvalue weighted by molar-refractivity contribution is 5.78. The first-order chi connectivity index (χ1) is 9.78. The van der Waals surface area contributed by atoms with Gasteiger partial charge in [-0.2, -0.15) is 0 Å². The molecule has 0 aliphatic carbocycles. The Balaban J connectivity index is 1.65. The maximum atomic E-state index is 11.8. The zero-order valence-electron chi connectivity index (χ0n) is 11.7. The molecule has 6 heteroatoms. The third-order valence-electron chi connectivity index (χ3n) is 3.21. The van der Waals surface area contributed by atoms with Crippen LogP contribution in [0.15, 0.2) is 18.3 Å². The minimum Gasteiger partial charge on any atom is -0.481 e. The van der Waals surface area contributed by atoms with E-state index in [0.717, 1.165) is 31.6 Å². The van der Waals surface area contributed by atoms with E-state index >= 15 is 0 Å². The van der Waals surface area contributed by atoms with E-state index in [1.54, 1.807) is 19.4 Å². The van der Waals surface area contributed by atoms with Crippen LogP contribution in [0.1, 0.15) is 18.4 Å². The number of ether oxygens (including phenoxy) is 2. The fourth-order valence-corrected chi connectivity index (χ4v) is 2.08. The molecule has 110 valence electrons. The number of nitrogens with zero attached hydrogens (tertiary/aromatic N) is 1. The van der Waals surface area contributed by atoms with Gasteiger partial charge in [0.1, 0.15) is 0 Å². The lowest BCUT2D eigenvalue weighted by molar-refractivity contribution is -0.121. The predicted octanol–water partition coefficient (Wildman–Crippen LogP) is 0.475. The van der Waals surface area contributed by atoms with Gasteiger partial charge in [-0.25, -0.2) is 4.98 Å². The Kier molecular flexibility index (Phi) is 5.76. The van der Waals surface area contributed by atoms with Gasteiger partial charge in [0.25, 0.3) is 0 Å². The van der Waals surface area contributed by atoms with E-state index in [1.807, 2.05) is 6.07 Å². The third-order valence-corrected chi connectivity index (χ3v) is 3.21. The molecule has 6 nitrogen and oxygen atoms in total. The van der Waals surface area contributed by atoms with Crippen LogP contribution in [0.2, 0.25) is 0 Å². The minimum absolute atomic E-state index is 0.0263. The Morgan fingerprint density at radius 2 is 2.25 bits per heavy atom. The van der Waals surface area contributed by atoms with E-state index in [9.17, 15) is 4.79 Å². The van der Waals surface area contributed by atoms with Crippen LogP contribution < -0.4 is 15.4 Å². The van der Waals surface area contributed by atoms with Gasteiger partial charge in [0.05, 0.1) is 13.7 Å². The summed E-state index contributed by atoms with van der Waals surface area (Å²) in [6.45, 7) is 2.38. The van der Waals surface area contributed by atoms with Crippen LogP contribution in [0.4, 0.5) is 0 Å². The zero-order chi connectivity index (χ0) is 14.2. The van der Waals surface area contributed by atoms with Crippen molar-refractivity contribution < 1.29 is 14.3 Å². The molecular formula is C14H21N3O3. The molecule has 0 spiro atoms. The molecule has 1 saturated heterocycles. The van der Waals surface area contributed by atoms with Crippen molar-refractivity contribution >= 4 is 5.91 Å². The Morgan fingerprint density at radius 1 is 1.45 bits per heavy atom. The molecule has 0 saturated carbocycles. The molecule has 1 aliphatic heterocycles. The second-order valence-corrected chi connectivity index (χ2v) is 4.77. The van der Waals surface area contributed by atoms with Crippen molar-refractivity contribution in [1.29, 1.82) is 0 Å². The van der Waals surface area contributed by atoms with Gasteiger partial charge in [-0.1, -0.05) is 6.07 Å². The maximum Gasteiger partial charge on any atom is 0.234 e. The average Bonchev–Trinajstić information content (AvgIpc) is 2.49. The molecule has 20 heavy (non-hydrogen) atoms. The fraction of sp³-hybridized carbons (Fsp3) is 0.571. The summed E-state index contributed by atoms with van der Waals surface area (Å²) in [6, 6.07) is 3.98. The SMILES string of the molecule is COc1ccc(CNCC(=O)NC2CCOCC2)cn1. The molecule has 1 aromatic heterocycles. The van der Waals surface area contributed by atoms with E-state index in [1.165, 1.54) is 0 Å². The summed E-state index contributed by atoms with van der Waals surface area (Å²) in [5, 5.41) is 6.11. The summed E-state index contributed by atoms with van der Waals surface area (Å²) in [5.41, 5.74) is 1.02. The van der Waals surface area contributed by atoms with Crippen LogP contribution in [-0.4, -0.2) is 43.8 Å². The number of hydrogen-bond donors (Lipinski definition) is 2. The molecular weight excluding hydrogens is 258 g/mol. The van der Waals surface area contributed by atoms with Gasteiger partial charge in [0.2, 0.25) is 11.8 Å². The molecule has 1 amide bonds.